The van der Waals surface area contributed by atoms with E-state index in [4.69, 9.17) is 0 Å². The van der Waals surface area contributed by atoms with E-state index in [9.17, 15) is 34.5 Å². The number of hydrogen-bond acceptors (Lipinski definition) is 7. The van der Waals surface area contributed by atoms with Crippen molar-refractivity contribution < 1.29 is 42.8 Å². The summed E-state index contributed by atoms with van der Waals surface area (Å²) in [7, 11) is 0. The summed E-state index contributed by atoms with van der Waals surface area (Å²) in [6.45, 7) is 2.50. The van der Waals surface area contributed by atoms with Gasteiger partial charge in [0.1, 0.15) is 17.3 Å². The number of fused-ring (bicyclic) bond motifs is 3. The van der Waals surface area contributed by atoms with E-state index in [1.54, 1.807) is 0 Å². The lowest BCUT2D eigenvalue weighted by molar-refractivity contribution is -0.127. The van der Waals surface area contributed by atoms with Gasteiger partial charge in [0, 0.05) is 27.5 Å². The van der Waals surface area contributed by atoms with Gasteiger partial charge in [-0.3, -0.25) is 19.2 Å². The Balaban J connectivity index is 0.00000181. The van der Waals surface area contributed by atoms with Crippen LogP contribution in [-0.4, -0.2) is 44.1 Å². The summed E-state index contributed by atoms with van der Waals surface area (Å²) in [5.41, 5.74) is 0.727. The van der Waals surface area contributed by atoms with Crippen molar-refractivity contribution in [3.05, 3.63) is 40.2 Å². The van der Waals surface area contributed by atoms with Gasteiger partial charge in [-0.25, -0.2) is 0 Å². The van der Waals surface area contributed by atoms with E-state index in [0.717, 1.165) is 6.92 Å². The van der Waals surface area contributed by atoms with Crippen LogP contribution in [0.5, 0.6) is 5.75 Å². The molecule has 3 unspecified atom stereocenters. The number of benzene rings is 1. The van der Waals surface area contributed by atoms with Gasteiger partial charge in [0.2, 0.25) is 5.91 Å². The van der Waals surface area contributed by atoms with Crippen LogP contribution >= 0.6 is 0 Å². The summed E-state index contributed by atoms with van der Waals surface area (Å²) < 4.78 is 0. The number of aromatic hydroxyl groups is 1. The molecule has 31 heavy (non-hydrogen) atoms. The molecule has 3 aliphatic rings. The zero-order valence-electron chi connectivity index (χ0n) is 17.0. The topological polar surface area (TPSA) is 172 Å². The number of allylic oxidation sites excluding steroid dienone is 3. The number of ketones is 3. The van der Waals surface area contributed by atoms with Crippen LogP contribution in [0.2, 0.25) is 0 Å². The van der Waals surface area contributed by atoms with Crippen LogP contribution in [0, 0.1) is 17.8 Å². The number of Topliss-reactive ketones (excluding diaryl/α,β-unsaturated/α-hetero) is 3. The van der Waals surface area contributed by atoms with E-state index in [1.165, 1.54) is 19.1 Å². The minimum absolute atomic E-state index is 0. The molecule has 1 saturated carbocycles. The fraction of sp³-hybridized carbons (Fsp3) is 0.364. The van der Waals surface area contributed by atoms with Gasteiger partial charge in [-0.2, -0.15) is 0 Å². The molecular weight excluding hydrogens is 406 g/mol. The maximum atomic E-state index is 13.3. The molecule has 0 bridgehead atoms. The van der Waals surface area contributed by atoms with Crippen molar-refractivity contribution in [1.82, 2.24) is 0 Å². The molecule has 0 aliphatic heterocycles. The van der Waals surface area contributed by atoms with E-state index >= 15 is 0 Å². The average molecular weight is 433 g/mol. The summed E-state index contributed by atoms with van der Waals surface area (Å²) in [5.74, 6) is -5.13. The first-order valence-electron chi connectivity index (χ1n) is 9.69. The molecular formula is C22H27NO8. The highest BCUT2D eigenvalue weighted by molar-refractivity contribution is 6.22. The second kappa shape index (κ2) is 7.66. The standard InChI is InChI=1S/C22H21NO7.H2O.2H2/c1-8(24)16-15(27)7-11-5-10-6-12-13(23-9(2)25)3-4-14(26)19(12)22(30)17(10)21(29)18(11)20(16)28;;;/h3-4,10-11,18,26,28,30H,5-7H2,1-2H3,(H,23,25);1H2;2*1H. The molecule has 1 aromatic rings. The summed E-state index contributed by atoms with van der Waals surface area (Å²) in [6.07, 6.45) is 0.572. The number of rotatable bonds is 2. The second-order valence-electron chi connectivity index (χ2n) is 8.11. The molecule has 9 heteroatoms. The SMILES string of the molecule is CC(=O)Nc1ccc(O)c2c1CC1CC3CC(=O)C(C(C)=O)=C(O)C3C(=O)C1=C2O.O.[HH].[HH]. The summed E-state index contributed by atoms with van der Waals surface area (Å²) in [6, 6.07) is 2.85. The molecule has 1 amide bonds. The van der Waals surface area contributed by atoms with Crippen molar-refractivity contribution in [3.63, 3.8) is 0 Å². The first-order chi connectivity index (χ1) is 14.1. The van der Waals surface area contributed by atoms with Gasteiger partial charge < -0.3 is 26.1 Å². The molecule has 9 nitrogen and oxygen atoms in total. The first-order valence-corrected chi connectivity index (χ1v) is 9.69. The molecule has 0 heterocycles. The Morgan fingerprint density at radius 3 is 2.39 bits per heavy atom. The third-order valence-electron chi connectivity index (χ3n) is 6.19. The van der Waals surface area contributed by atoms with Crippen LogP contribution in [0.3, 0.4) is 0 Å². The van der Waals surface area contributed by atoms with E-state index in [0.29, 0.717) is 17.7 Å². The zero-order chi connectivity index (χ0) is 21.9. The number of carbonyl (C=O) groups is 4. The summed E-state index contributed by atoms with van der Waals surface area (Å²) >= 11 is 0. The predicted octanol–water partition coefficient (Wildman–Crippen LogP) is 2.04. The van der Waals surface area contributed by atoms with Gasteiger partial charge in [0.05, 0.1) is 17.1 Å². The largest absolute Gasteiger partial charge is 0.511 e. The molecule has 3 aliphatic carbocycles. The Morgan fingerprint density at radius 1 is 1.10 bits per heavy atom. The van der Waals surface area contributed by atoms with Gasteiger partial charge in [0.25, 0.3) is 0 Å². The molecule has 0 spiro atoms. The number of carbonyl (C=O) groups excluding carboxylic acids is 4. The maximum Gasteiger partial charge on any atom is 0.221 e. The number of phenols is 1. The molecule has 0 saturated heterocycles. The third-order valence-corrected chi connectivity index (χ3v) is 6.19. The Kier molecular flexibility index (Phi) is 5.49. The van der Waals surface area contributed by atoms with Gasteiger partial charge >= 0.3 is 0 Å². The fourth-order valence-electron chi connectivity index (χ4n) is 5.06. The van der Waals surface area contributed by atoms with Crippen LogP contribution in [0.4, 0.5) is 5.69 Å². The van der Waals surface area contributed by atoms with Gasteiger partial charge in [-0.15, -0.1) is 0 Å². The number of aliphatic hydroxyl groups is 2. The molecule has 6 N–H and O–H groups in total. The van der Waals surface area contributed by atoms with Crippen molar-refractivity contribution in [2.75, 3.05) is 5.32 Å². The lowest BCUT2D eigenvalue weighted by Crippen LogP contribution is -2.43. The van der Waals surface area contributed by atoms with Crippen molar-refractivity contribution in [2.45, 2.75) is 33.1 Å². The minimum Gasteiger partial charge on any atom is -0.511 e. The highest BCUT2D eigenvalue weighted by Gasteiger charge is 2.50. The second-order valence-corrected chi connectivity index (χ2v) is 8.11. The van der Waals surface area contributed by atoms with Gasteiger partial charge in [-0.1, -0.05) is 0 Å². The number of phenolic OH excluding ortho intramolecular Hbond substituents is 1. The summed E-state index contributed by atoms with van der Waals surface area (Å²) in [4.78, 5) is 49.0. The molecule has 0 aromatic heterocycles. The number of amides is 1. The third kappa shape index (κ3) is 3.31. The molecule has 1 fully saturated rings. The van der Waals surface area contributed by atoms with Crippen LogP contribution in [0.15, 0.2) is 29.0 Å². The van der Waals surface area contributed by atoms with Crippen LogP contribution < -0.4 is 5.32 Å². The smallest absolute Gasteiger partial charge is 0.221 e. The van der Waals surface area contributed by atoms with Crippen LogP contribution in [0.25, 0.3) is 5.76 Å². The zero-order valence-corrected chi connectivity index (χ0v) is 17.0. The Bertz CT molecular complexity index is 1110. The van der Waals surface area contributed by atoms with Crippen molar-refractivity contribution in [3.8, 4) is 5.75 Å². The number of nitrogens with one attached hydrogen (secondary N) is 1. The number of anilines is 1. The molecule has 168 valence electrons. The quantitative estimate of drug-likeness (QED) is 0.408. The van der Waals surface area contributed by atoms with Crippen molar-refractivity contribution in [1.29, 1.82) is 0 Å². The Hall–Kier alpha value is -3.46. The van der Waals surface area contributed by atoms with Crippen molar-refractivity contribution >= 4 is 34.7 Å². The van der Waals surface area contributed by atoms with Gasteiger partial charge in [0.15, 0.2) is 17.3 Å². The van der Waals surface area contributed by atoms with Crippen LogP contribution in [0.1, 0.15) is 40.7 Å². The monoisotopic (exact) mass is 433 g/mol. The first kappa shape index (κ1) is 22.2. The lowest BCUT2D eigenvalue weighted by atomic mass is 9.61. The van der Waals surface area contributed by atoms with E-state index in [2.05, 4.69) is 5.32 Å². The number of hydrogen-bond donors (Lipinski definition) is 4. The number of aliphatic hydroxyl groups excluding tert-OH is 2. The van der Waals surface area contributed by atoms with E-state index in [-0.39, 0.29) is 49.5 Å². The predicted molar refractivity (Wildman–Crippen MR) is 114 cm³/mol. The normalized spacial score (nSPS) is 24.6. The lowest BCUT2D eigenvalue weighted by Gasteiger charge is -2.41. The minimum atomic E-state index is -1.07. The summed E-state index contributed by atoms with van der Waals surface area (Å²) in [5, 5.41) is 34.5. The van der Waals surface area contributed by atoms with Gasteiger partial charge in [-0.05, 0) is 49.3 Å². The molecule has 0 radical (unpaired) electrons. The van der Waals surface area contributed by atoms with E-state index in [1.807, 2.05) is 0 Å². The molecule has 3 atom stereocenters. The molecule has 4 rings (SSSR count). The van der Waals surface area contributed by atoms with Crippen LogP contribution in [-0.2, 0) is 25.6 Å². The highest BCUT2D eigenvalue weighted by atomic mass is 16.3. The van der Waals surface area contributed by atoms with Crippen molar-refractivity contribution in [2.24, 2.45) is 17.8 Å². The Labute approximate surface area is 180 Å². The highest BCUT2D eigenvalue weighted by Crippen LogP contribution is 2.51. The Morgan fingerprint density at radius 2 is 1.77 bits per heavy atom. The van der Waals surface area contributed by atoms with E-state index < -0.39 is 46.6 Å². The maximum absolute atomic E-state index is 13.3. The molecule has 1 aromatic carbocycles. The fourth-order valence-corrected chi connectivity index (χ4v) is 5.06. The average Bonchev–Trinajstić information content (AvgIpc) is 2.62.